The van der Waals surface area contributed by atoms with Crippen molar-refractivity contribution in [3.63, 3.8) is 0 Å². The molecule has 0 aromatic heterocycles. The van der Waals surface area contributed by atoms with Crippen LogP contribution in [0.5, 0.6) is 0 Å². The average Bonchev–Trinajstić information content (AvgIpc) is 2.73. The molecule has 7 nitrogen and oxygen atoms in total. The van der Waals surface area contributed by atoms with Crippen LogP contribution in [-0.2, 0) is 19.6 Å². The third-order valence-electron chi connectivity index (χ3n) is 5.72. The Morgan fingerprint density at radius 3 is 2.55 bits per heavy atom. The number of piperidine rings is 1. The first-order chi connectivity index (χ1) is 13.9. The molecule has 1 saturated heterocycles. The highest BCUT2D eigenvalue weighted by Crippen LogP contribution is 2.25. The number of hydrogen-bond donors (Lipinski definition) is 1. The fourth-order valence-electron chi connectivity index (χ4n) is 4.08. The Kier molecular flexibility index (Phi) is 7.29. The summed E-state index contributed by atoms with van der Waals surface area (Å²) in [6.45, 7) is 2.02. The molecule has 0 radical (unpaired) electrons. The number of nitrogens with zero attached hydrogens (tertiary/aromatic N) is 1. The fraction of sp³-hybridized carbons (Fsp3) is 0.619. The summed E-state index contributed by atoms with van der Waals surface area (Å²) in [6, 6.07) is 5.93. The van der Waals surface area contributed by atoms with Gasteiger partial charge in [0.15, 0.2) is 6.61 Å². The van der Waals surface area contributed by atoms with E-state index in [0.717, 1.165) is 44.9 Å². The Morgan fingerprint density at radius 1 is 1.10 bits per heavy atom. The minimum absolute atomic E-state index is 0.0622. The molecule has 2 fully saturated rings. The molecule has 1 heterocycles. The van der Waals surface area contributed by atoms with E-state index in [1.165, 1.54) is 35.0 Å². The van der Waals surface area contributed by atoms with Crippen molar-refractivity contribution >= 4 is 21.9 Å². The summed E-state index contributed by atoms with van der Waals surface area (Å²) in [5.74, 6) is -1.02. The number of carbonyl (C=O) groups is 2. The van der Waals surface area contributed by atoms with E-state index in [-0.39, 0.29) is 35.1 Å². The van der Waals surface area contributed by atoms with E-state index in [1.807, 2.05) is 6.92 Å². The highest BCUT2D eigenvalue weighted by atomic mass is 32.2. The lowest BCUT2D eigenvalue weighted by Gasteiger charge is -2.32. The number of esters is 1. The Bertz CT molecular complexity index is 833. The topological polar surface area (TPSA) is 92.8 Å². The van der Waals surface area contributed by atoms with Crippen LogP contribution in [0.15, 0.2) is 29.2 Å². The standard InChI is InChI=1S/C21H30N2O5S/c1-16-8-5-6-13-23(16)29(26,27)19-12-7-9-17(14-19)21(25)28-15-20(24)22-18-10-3-2-4-11-18/h7,9,12,14,16,18H,2-6,8,10-11,13,15H2,1H3,(H,22,24)/t16-/m0/s1. The van der Waals surface area contributed by atoms with Gasteiger partial charge in [0.1, 0.15) is 0 Å². The third kappa shape index (κ3) is 5.57. The van der Waals surface area contributed by atoms with E-state index in [1.54, 1.807) is 0 Å². The second kappa shape index (κ2) is 9.71. The predicted molar refractivity (Wildman–Crippen MR) is 109 cm³/mol. The largest absolute Gasteiger partial charge is 0.452 e. The molecule has 1 amide bonds. The van der Waals surface area contributed by atoms with Gasteiger partial charge in [-0.1, -0.05) is 31.7 Å². The van der Waals surface area contributed by atoms with Crippen molar-refractivity contribution in [2.75, 3.05) is 13.2 Å². The summed E-state index contributed by atoms with van der Waals surface area (Å²) in [7, 11) is -3.67. The van der Waals surface area contributed by atoms with E-state index in [0.29, 0.717) is 6.54 Å². The van der Waals surface area contributed by atoms with Gasteiger partial charge in [0.2, 0.25) is 10.0 Å². The molecular weight excluding hydrogens is 392 g/mol. The number of sulfonamides is 1. The van der Waals surface area contributed by atoms with E-state index in [9.17, 15) is 18.0 Å². The maximum absolute atomic E-state index is 13.0. The van der Waals surface area contributed by atoms with Crippen LogP contribution in [0.4, 0.5) is 0 Å². The number of rotatable bonds is 6. The minimum atomic E-state index is -3.67. The first kappa shape index (κ1) is 21.8. The molecule has 1 aliphatic carbocycles. The molecule has 1 aromatic rings. The van der Waals surface area contributed by atoms with Gasteiger partial charge in [-0.25, -0.2) is 13.2 Å². The molecule has 1 saturated carbocycles. The van der Waals surface area contributed by atoms with Gasteiger partial charge in [0, 0.05) is 18.6 Å². The van der Waals surface area contributed by atoms with Crippen molar-refractivity contribution in [1.82, 2.24) is 9.62 Å². The predicted octanol–water partition coefficient (Wildman–Crippen LogP) is 2.86. The Hall–Kier alpha value is -1.93. The van der Waals surface area contributed by atoms with Crippen molar-refractivity contribution in [2.24, 2.45) is 0 Å². The van der Waals surface area contributed by atoms with Crippen molar-refractivity contribution in [3.05, 3.63) is 29.8 Å². The van der Waals surface area contributed by atoms with Gasteiger partial charge in [-0.2, -0.15) is 4.31 Å². The monoisotopic (exact) mass is 422 g/mol. The zero-order valence-electron chi connectivity index (χ0n) is 16.9. The summed E-state index contributed by atoms with van der Waals surface area (Å²) in [6.07, 6.45) is 7.98. The van der Waals surface area contributed by atoms with E-state index in [2.05, 4.69) is 5.32 Å². The SMILES string of the molecule is C[C@H]1CCCCN1S(=O)(=O)c1cccc(C(=O)OCC(=O)NC2CCCCC2)c1. The van der Waals surface area contributed by atoms with Crippen LogP contribution < -0.4 is 5.32 Å². The second-order valence-electron chi connectivity index (χ2n) is 7.97. The quantitative estimate of drug-likeness (QED) is 0.712. The molecule has 3 rings (SSSR count). The summed E-state index contributed by atoms with van der Waals surface area (Å²) < 4.78 is 32.5. The zero-order valence-corrected chi connectivity index (χ0v) is 17.7. The summed E-state index contributed by atoms with van der Waals surface area (Å²) in [4.78, 5) is 24.5. The molecule has 1 aliphatic heterocycles. The van der Waals surface area contributed by atoms with Crippen molar-refractivity contribution < 1.29 is 22.7 Å². The lowest BCUT2D eigenvalue weighted by molar-refractivity contribution is -0.125. The van der Waals surface area contributed by atoms with Crippen LogP contribution in [0.2, 0.25) is 0 Å². The number of amides is 1. The molecule has 0 spiro atoms. The van der Waals surface area contributed by atoms with Gasteiger partial charge >= 0.3 is 5.97 Å². The number of hydrogen-bond acceptors (Lipinski definition) is 5. The normalized spacial score (nSPS) is 21.5. The smallest absolute Gasteiger partial charge is 0.338 e. The second-order valence-corrected chi connectivity index (χ2v) is 9.86. The Labute approximate surface area is 172 Å². The molecule has 2 aliphatic rings. The van der Waals surface area contributed by atoms with Crippen LogP contribution in [0, 0.1) is 0 Å². The van der Waals surface area contributed by atoms with E-state index < -0.39 is 16.0 Å². The average molecular weight is 423 g/mol. The molecular formula is C21H30N2O5S. The van der Waals surface area contributed by atoms with Crippen molar-refractivity contribution in [2.45, 2.75) is 75.3 Å². The molecule has 8 heteroatoms. The number of nitrogens with one attached hydrogen (secondary N) is 1. The van der Waals surface area contributed by atoms with Gasteiger partial charge in [0.25, 0.3) is 5.91 Å². The van der Waals surface area contributed by atoms with Gasteiger partial charge < -0.3 is 10.1 Å². The van der Waals surface area contributed by atoms with Crippen LogP contribution in [0.1, 0.15) is 68.6 Å². The first-order valence-electron chi connectivity index (χ1n) is 10.5. The van der Waals surface area contributed by atoms with E-state index in [4.69, 9.17) is 4.74 Å². The number of carbonyl (C=O) groups excluding carboxylic acids is 2. The minimum Gasteiger partial charge on any atom is -0.452 e. The molecule has 160 valence electrons. The summed E-state index contributed by atoms with van der Waals surface area (Å²) >= 11 is 0. The maximum Gasteiger partial charge on any atom is 0.338 e. The number of benzene rings is 1. The Balaban J connectivity index is 1.61. The van der Waals surface area contributed by atoms with Gasteiger partial charge in [-0.05, 0) is 50.8 Å². The van der Waals surface area contributed by atoms with Crippen LogP contribution in [0.25, 0.3) is 0 Å². The summed E-state index contributed by atoms with van der Waals surface area (Å²) in [5, 5.41) is 2.89. The third-order valence-corrected chi connectivity index (χ3v) is 7.73. The lowest BCUT2D eigenvalue weighted by Crippen LogP contribution is -2.41. The lowest BCUT2D eigenvalue weighted by atomic mass is 9.95. The Morgan fingerprint density at radius 2 is 1.83 bits per heavy atom. The fourth-order valence-corrected chi connectivity index (χ4v) is 5.82. The molecule has 0 bridgehead atoms. The van der Waals surface area contributed by atoms with Gasteiger partial charge in [-0.15, -0.1) is 0 Å². The van der Waals surface area contributed by atoms with Crippen LogP contribution in [0.3, 0.4) is 0 Å². The zero-order chi connectivity index (χ0) is 20.9. The van der Waals surface area contributed by atoms with Gasteiger partial charge in [0.05, 0.1) is 10.5 Å². The summed E-state index contributed by atoms with van der Waals surface area (Å²) in [5.41, 5.74) is 0.126. The van der Waals surface area contributed by atoms with Crippen LogP contribution >= 0.6 is 0 Å². The van der Waals surface area contributed by atoms with E-state index >= 15 is 0 Å². The maximum atomic E-state index is 13.0. The molecule has 1 aromatic carbocycles. The molecule has 1 atom stereocenters. The van der Waals surface area contributed by atoms with Gasteiger partial charge in [-0.3, -0.25) is 4.79 Å². The first-order valence-corrected chi connectivity index (χ1v) is 11.9. The van der Waals surface area contributed by atoms with Crippen LogP contribution in [-0.4, -0.2) is 49.8 Å². The molecule has 29 heavy (non-hydrogen) atoms. The van der Waals surface area contributed by atoms with Crippen molar-refractivity contribution in [1.29, 1.82) is 0 Å². The highest BCUT2D eigenvalue weighted by molar-refractivity contribution is 7.89. The highest BCUT2D eigenvalue weighted by Gasteiger charge is 2.31. The molecule has 1 N–H and O–H groups in total. The van der Waals surface area contributed by atoms with Crippen molar-refractivity contribution in [3.8, 4) is 0 Å². The number of ether oxygens (including phenoxy) is 1. The molecule has 0 unspecified atom stereocenters.